The molecule has 2 aromatic heterocycles. The van der Waals surface area contributed by atoms with Crippen LogP contribution in [0.5, 0.6) is 5.75 Å². The van der Waals surface area contributed by atoms with E-state index in [1.54, 1.807) is 13.2 Å². The van der Waals surface area contributed by atoms with Crippen LogP contribution in [0.25, 0.3) is 16.6 Å². The van der Waals surface area contributed by atoms with Gasteiger partial charge in [0.05, 0.1) is 18.4 Å². The lowest BCUT2D eigenvalue weighted by molar-refractivity contribution is -0.113. The van der Waals surface area contributed by atoms with Gasteiger partial charge in [-0.2, -0.15) is 0 Å². The van der Waals surface area contributed by atoms with Crippen LogP contribution in [0, 0.1) is 13.8 Å². The van der Waals surface area contributed by atoms with Gasteiger partial charge in [0.15, 0.2) is 10.8 Å². The Labute approximate surface area is 177 Å². The molecule has 0 aliphatic carbocycles. The third-order valence-corrected chi connectivity index (χ3v) is 6.00. The van der Waals surface area contributed by atoms with Crippen LogP contribution in [0.15, 0.2) is 47.6 Å². The van der Waals surface area contributed by atoms with E-state index >= 15 is 0 Å². The fourth-order valence-corrected chi connectivity index (χ4v) is 4.11. The Bertz CT molecular complexity index is 1240. The molecular weight excluding hydrogens is 408 g/mol. The molecule has 148 valence electrons. The Morgan fingerprint density at radius 3 is 2.76 bits per heavy atom. The predicted molar refractivity (Wildman–Crippen MR) is 117 cm³/mol. The highest BCUT2D eigenvalue weighted by Gasteiger charge is 2.16. The lowest BCUT2D eigenvalue weighted by atomic mass is 10.1. The van der Waals surface area contributed by atoms with Gasteiger partial charge in [-0.1, -0.05) is 41.6 Å². The van der Waals surface area contributed by atoms with E-state index in [9.17, 15) is 4.79 Å². The number of hydrogen-bond donors (Lipinski definition) is 1. The summed E-state index contributed by atoms with van der Waals surface area (Å²) in [5, 5.41) is 13.7. The minimum Gasteiger partial charge on any atom is -0.495 e. The Balaban J connectivity index is 1.62. The topological polar surface area (TPSA) is 68.5 Å². The zero-order chi connectivity index (χ0) is 20.5. The summed E-state index contributed by atoms with van der Waals surface area (Å²) in [6, 6.07) is 13.3. The van der Waals surface area contributed by atoms with E-state index in [0.717, 1.165) is 27.8 Å². The number of fused-ring (bicyclic) bond motifs is 3. The molecule has 0 saturated carbocycles. The van der Waals surface area contributed by atoms with Gasteiger partial charge >= 0.3 is 0 Å². The van der Waals surface area contributed by atoms with Crippen LogP contribution in [-0.4, -0.2) is 33.4 Å². The van der Waals surface area contributed by atoms with Crippen LogP contribution in [0.3, 0.4) is 0 Å². The van der Waals surface area contributed by atoms with Crippen LogP contribution < -0.4 is 10.1 Å². The number of carbonyl (C=O) groups excluding carboxylic acids is 1. The van der Waals surface area contributed by atoms with Gasteiger partial charge in [-0.05, 0) is 49.2 Å². The van der Waals surface area contributed by atoms with Gasteiger partial charge in [-0.3, -0.25) is 9.20 Å². The summed E-state index contributed by atoms with van der Waals surface area (Å²) in [7, 11) is 1.64. The average molecular weight is 427 g/mol. The molecule has 2 heterocycles. The third kappa shape index (κ3) is 3.75. The average Bonchev–Trinajstić information content (AvgIpc) is 3.11. The van der Waals surface area contributed by atoms with Crippen molar-refractivity contribution in [2.24, 2.45) is 0 Å². The van der Waals surface area contributed by atoms with E-state index in [-0.39, 0.29) is 11.7 Å². The second kappa shape index (κ2) is 7.93. The molecule has 0 fully saturated rings. The Morgan fingerprint density at radius 2 is 2.00 bits per heavy atom. The van der Waals surface area contributed by atoms with Crippen LogP contribution in [0.1, 0.15) is 11.1 Å². The van der Waals surface area contributed by atoms with E-state index in [4.69, 9.17) is 16.3 Å². The quantitative estimate of drug-likeness (QED) is 0.460. The predicted octanol–water partition coefficient (Wildman–Crippen LogP) is 4.89. The fourth-order valence-electron chi connectivity index (χ4n) is 3.18. The SMILES string of the molecule is COc1cccc2c(C)cc3nnc(SCC(=O)Nc4ccc(C)c(Cl)c4)n3c12. The number of carbonyl (C=O) groups is 1. The van der Waals surface area contributed by atoms with Gasteiger partial charge in [-0.25, -0.2) is 0 Å². The molecule has 8 heteroatoms. The van der Waals surface area contributed by atoms with Crippen molar-refractivity contribution in [3.05, 3.63) is 58.6 Å². The first-order valence-electron chi connectivity index (χ1n) is 8.98. The van der Waals surface area contributed by atoms with Crippen molar-refractivity contribution in [3.63, 3.8) is 0 Å². The normalized spacial score (nSPS) is 11.2. The highest BCUT2D eigenvalue weighted by Crippen LogP contribution is 2.32. The number of methoxy groups -OCH3 is 1. The largest absolute Gasteiger partial charge is 0.495 e. The van der Waals surface area contributed by atoms with Gasteiger partial charge in [0.2, 0.25) is 5.91 Å². The molecule has 0 aliphatic heterocycles. The van der Waals surface area contributed by atoms with Crippen LogP contribution in [0.2, 0.25) is 5.02 Å². The molecule has 0 spiro atoms. The maximum absolute atomic E-state index is 12.4. The number of amides is 1. The summed E-state index contributed by atoms with van der Waals surface area (Å²) in [4.78, 5) is 12.4. The molecule has 1 amide bonds. The van der Waals surface area contributed by atoms with Crippen LogP contribution in [-0.2, 0) is 4.79 Å². The lowest BCUT2D eigenvalue weighted by Crippen LogP contribution is -2.14. The van der Waals surface area contributed by atoms with Gasteiger partial charge < -0.3 is 10.1 Å². The molecule has 0 bridgehead atoms. The van der Waals surface area contributed by atoms with Gasteiger partial charge in [0.25, 0.3) is 0 Å². The smallest absolute Gasteiger partial charge is 0.234 e. The van der Waals surface area contributed by atoms with Crippen molar-refractivity contribution in [2.75, 3.05) is 18.2 Å². The number of para-hydroxylation sites is 1. The number of pyridine rings is 1. The number of nitrogens with one attached hydrogen (secondary N) is 1. The van der Waals surface area contributed by atoms with Gasteiger partial charge in [0, 0.05) is 16.1 Å². The van der Waals surface area contributed by atoms with E-state index in [1.165, 1.54) is 11.8 Å². The highest BCUT2D eigenvalue weighted by atomic mass is 35.5. The molecule has 4 rings (SSSR count). The third-order valence-electron chi connectivity index (χ3n) is 4.66. The molecule has 6 nitrogen and oxygen atoms in total. The fraction of sp³-hybridized carbons (Fsp3) is 0.190. The summed E-state index contributed by atoms with van der Waals surface area (Å²) in [5.74, 6) is 0.781. The maximum atomic E-state index is 12.4. The number of ether oxygens (including phenoxy) is 1. The number of nitrogens with zero attached hydrogens (tertiary/aromatic N) is 3. The first-order valence-corrected chi connectivity index (χ1v) is 10.3. The second-order valence-electron chi connectivity index (χ2n) is 6.66. The molecule has 29 heavy (non-hydrogen) atoms. The number of aromatic nitrogens is 3. The van der Waals surface area contributed by atoms with Crippen molar-refractivity contribution in [1.82, 2.24) is 14.6 Å². The standard InChI is InChI=1S/C21H19ClN4O2S/c1-12-7-8-14(10-16(12)22)23-19(27)11-29-21-25-24-18-9-13(2)15-5-4-6-17(28-3)20(15)26(18)21/h4-10H,11H2,1-3H3,(H,23,27). The Hall–Kier alpha value is -2.77. The van der Waals surface area contributed by atoms with Crippen molar-refractivity contribution in [2.45, 2.75) is 19.0 Å². The summed E-state index contributed by atoms with van der Waals surface area (Å²) in [6.07, 6.45) is 0. The number of halogens is 1. The van der Waals surface area contributed by atoms with Crippen LogP contribution in [0.4, 0.5) is 5.69 Å². The second-order valence-corrected chi connectivity index (χ2v) is 8.01. The molecule has 2 aromatic carbocycles. The van der Waals surface area contributed by atoms with Crippen molar-refractivity contribution in [3.8, 4) is 5.75 Å². The van der Waals surface area contributed by atoms with E-state index in [2.05, 4.69) is 15.5 Å². The summed E-state index contributed by atoms with van der Waals surface area (Å²) >= 11 is 7.45. The number of thioether (sulfide) groups is 1. The molecule has 0 saturated heterocycles. The number of benzene rings is 2. The zero-order valence-electron chi connectivity index (χ0n) is 16.2. The summed E-state index contributed by atoms with van der Waals surface area (Å²) < 4.78 is 7.50. The highest BCUT2D eigenvalue weighted by molar-refractivity contribution is 7.99. The van der Waals surface area contributed by atoms with Gasteiger partial charge in [0.1, 0.15) is 5.75 Å². The summed E-state index contributed by atoms with van der Waals surface area (Å²) in [6.45, 7) is 3.95. The summed E-state index contributed by atoms with van der Waals surface area (Å²) in [5.41, 5.74) is 4.32. The minimum absolute atomic E-state index is 0.143. The first-order chi connectivity index (χ1) is 14.0. The van der Waals surface area contributed by atoms with Crippen LogP contribution >= 0.6 is 23.4 Å². The first kappa shape index (κ1) is 19.5. The number of anilines is 1. The molecule has 0 aliphatic rings. The number of rotatable bonds is 5. The Morgan fingerprint density at radius 1 is 1.17 bits per heavy atom. The molecule has 0 atom stereocenters. The molecule has 0 unspecified atom stereocenters. The van der Waals surface area contributed by atoms with Gasteiger partial charge in [-0.15, -0.1) is 10.2 Å². The number of hydrogen-bond acceptors (Lipinski definition) is 5. The molecule has 1 N–H and O–H groups in total. The lowest BCUT2D eigenvalue weighted by Gasteiger charge is -2.11. The van der Waals surface area contributed by atoms with E-state index in [0.29, 0.717) is 21.5 Å². The van der Waals surface area contributed by atoms with Crippen molar-refractivity contribution < 1.29 is 9.53 Å². The Kier molecular flexibility index (Phi) is 5.34. The number of aryl methyl sites for hydroxylation is 2. The molecule has 4 aromatic rings. The molecular formula is C21H19ClN4O2S. The molecule has 0 radical (unpaired) electrons. The minimum atomic E-state index is -0.143. The monoisotopic (exact) mass is 426 g/mol. The maximum Gasteiger partial charge on any atom is 0.234 e. The van der Waals surface area contributed by atoms with E-state index < -0.39 is 0 Å². The van der Waals surface area contributed by atoms with E-state index in [1.807, 2.05) is 54.6 Å². The van der Waals surface area contributed by atoms with Crippen molar-refractivity contribution >= 4 is 51.5 Å². The zero-order valence-corrected chi connectivity index (χ0v) is 17.8. The van der Waals surface area contributed by atoms with Crippen molar-refractivity contribution in [1.29, 1.82) is 0 Å².